The van der Waals surface area contributed by atoms with Crippen molar-refractivity contribution < 1.29 is 4.74 Å². The van der Waals surface area contributed by atoms with E-state index >= 15 is 0 Å². The molecular formula is C16H22N2OS. The zero-order valence-corrected chi connectivity index (χ0v) is 13.4. The highest BCUT2D eigenvalue weighted by atomic mass is 32.1. The highest BCUT2D eigenvalue weighted by molar-refractivity contribution is 7.07. The van der Waals surface area contributed by atoms with Crippen molar-refractivity contribution in [2.24, 2.45) is 10.9 Å². The summed E-state index contributed by atoms with van der Waals surface area (Å²) in [6.07, 6.45) is 0. The van der Waals surface area contributed by atoms with Gasteiger partial charge in [0.15, 0.2) is 4.80 Å². The van der Waals surface area contributed by atoms with Crippen molar-refractivity contribution in [3.05, 3.63) is 40.1 Å². The second kappa shape index (κ2) is 6.75. The van der Waals surface area contributed by atoms with E-state index in [2.05, 4.69) is 30.7 Å². The summed E-state index contributed by atoms with van der Waals surface area (Å²) in [5.41, 5.74) is 2.24. The molecule has 0 radical (unpaired) electrons. The topological polar surface area (TPSA) is 26.5 Å². The highest BCUT2D eigenvalue weighted by Gasteiger charge is 2.03. The number of hydrogen-bond donors (Lipinski definition) is 0. The lowest BCUT2D eigenvalue weighted by Crippen LogP contribution is -2.18. The van der Waals surface area contributed by atoms with Crippen molar-refractivity contribution in [2.75, 3.05) is 6.61 Å². The molecule has 0 atom stereocenters. The lowest BCUT2D eigenvalue weighted by Gasteiger charge is -2.08. The molecule has 0 bridgehead atoms. The van der Waals surface area contributed by atoms with Gasteiger partial charge in [0.25, 0.3) is 0 Å². The quantitative estimate of drug-likeness (QED) is 0.812. The fourth-order valence-corrected chi connectivity index (χ4v) is 2.89. The summed E-state index contributed by atoms with van der Waals surface area (Å²) >= 11 is 1.69. The minimum absolute atomic E-state index is 0.614. The van der Waals surface area contributed by atoms with E-state index in [1.165, 1.54) is 5.69 Å². The monoisotopic (exact) mass is 290 g/mol. The van der Waals surface area contributed by atoms with Crippen LogP contribution in [0.5, 0.6) is 5.75 Å². The fourth-order valence-electron chi connectivity index (χ4n) is 1.98. The first-order chi connectivity index (χ1) is 9.60. The van der Waals surface area contributed by atoms with E-state index in [-0.39, 0.29) is 0 Å². The Morgan fingerprint density at radius 3 is 2.55 bits per heavy atom. The SMILES string of the molecule is CCOc1ccc(N=c2scc(C)n2CC(C)C)cc1. The highest BCUT2D eigenvalue weighted by Crippen LogP contribution is 2.18. The summed E-state index contributed by atoms with van der Waals surface area (Å²) < 4.78 is 7.73. The Hall–Kier alpha value is -1.55. The Morgan fingerprint density at radius 2 is 1.95 bits per heavy atom. The van der Waals surface area contributed by atoms with E-state index in [0.29, 0.717) is 12.5 Å². The molecule has 108 valence electrons. The minimum Gasteiger partial charge on any atom is -0.494 e. The largest absolute Gasteiger partial charge is 0.494 e. The molecule has 0 spiro atoms. The third kappa shape index (κ3) is 3.73. The lowest BCUT2D eigenvalue weighted by molar-refractivity contribution is 0.340. The van der Waals surface area contributed by atoms with Crippen LogP contribution < -0.4 is 9.54 Å². The fraction of sp³-hybridized carbons (Fsp3) is 0.438. The van der Waals surface area contributed by atoms with Crippen LogP contribution in [0.1, 0.15) is 26.5 Å². The van der Waals surface area contributed by atoms with Crippen molar-refractivity contribution in [1.29, 1.82) is 0 Å². The van der Waals surface area contributed by atoms with Crippen molar-refractivity contribution in [3.63, 3.8) is 0 Å². The van der Waals surface area contributed by atoms with Crippen LogP contribution in [-0.4, -0.2) is 11.2 Å². The molecule has 0 aliphatic carbocycles. The average molecular weight is 290 g/mol. The molecule has 0 N–H and O–H groups in total. The molecule has 0 aliphatic heterocycles. The molecule has 4 heteroatoms. The van der Waals surface area contributed by atoms with Crippen molar-refractivity contribution in [2.45, 2.75) is 34.2 Å². The van der Waals surface area contributed by atoms with Crippen LogP contribution in [0.15, 0.2) is 34.6 Å². The van der Waals surface area contributed by atoms with Gasteiger partial charge in [-0.3, -0.25) is 0 Å². The van der Waals surface area contributed by atoms with Crippen LogP contribution in [0.2, 0.25) is 0 Å². The predicted octanol–water partition coefficient (Wildman–Crippen LogP) is 4.15. The van der Waals surface area contributed by atoms with Crippen LogP contribution in [0.3, 0.4) is 0 Å². The number of nitrogens with zero attached hydrogens (tertiary/aromatic N) is 2. The maximum atomic E-state index is 5.45. The van der Waals surface area contributed by atoms with Gasteiger partial charge in [-0.1, -0.05) is 13.8 Å². The lowest BCUT2D eigenvalue weighted by atomic mass is 10.2. The molecular weight excluding hydrogens is 268 g/mol. The first-order valence-electron chi connectivity index (χ1n) is 7.02. The standard InChI is InChI=1S/C16H22N2OS/c1-5-19-15-8-6-14(7-9-15)17-16-18(10-12(2)3)13(4)11-20-16/h6-9,11-12H,5,10H2,1-4H3. The van der Waals surface area contributed by atoms with Crippen LogP contribution in [0.25, 0.3) is 0 Å². The molecule has 3 nitrogen and oxygen atoms in total. The summed E-state index contributed by atoms with van der Waals surface area (Å²) in [7, 11) is 0. The molecule has 0 fully saturated rings. The van der Waals surface area contributed by atoms with E-state index in [9.17, 15) is 0 Å². The van der Waals surface area contributed by atoms with E-state index in [1.807, 2.05) is 31.2 Å². The zero-order chi connectivity index (χ0) is 14.5. The summed E-state index contributed by atoms with van der Waals surface area (Å²) in [4.78, 5) is 5.80. The van der Waals surface area contributed by atoms with Crippen molar-refractivity contribution in [1.82, 2.24) is 4.57 Å². The van der Waals surface area contributed by atoms with Gasteiger partial charge in [0.1, 0.15) is 5.75 Å². The molecule has 1 heterocycles. The van der Waals surface area contributed by atoms with Gasteiger partial charge >= 0.3 is 0 Å². The maximum absolute atomic E-state index is 5.45. The maximum Gasteiger partial charge on any atom is 0.190 e. The number of benzene rings is 1. The normalized spacial score (nSPS) is 12.2. The summed E-state index contributed by atoms with van der Waals surface area (Å²) in [5, 5.41) is 2.16. The van der Waals surface area contributed by atoms with Crippen LogP contribution in [0, 0.1) is 12.8 Å². The predicted molar refractivity (Wildman–Crippen MR) is 84.7 cm³/mol. The van der Waals surface area contributed by atoms with Gasteiger partial charge in [-0.2, -0.15) is 0 Å². The first-order valence-corrected chi connectivity index (χ1v) is 7.90. The van der Waals surface area contributed by atoms with Crippen LogP contribution in [0.4, 0.5) is 5.69 Å². The summed E-state index contributed by atoms with van der Waals surface area (Å²) in [6.45, 7) is 10.3. The minimum atomic E-state index is 0.614. The molecule has 2 aromatic rings. The Bertz CT molecular complexity index is 608. The molecule has 0 saturated heterocycles. The van der Waals surface area contributed by atoms with E-state index in [4.69, 9.17) is 9.73 Å². The smallest absolute Gasteiger partial charge is 0.190 e. The zero-order valence-electron chi connectivity index (χ0n) is 12.6. The van der Waals surface area contributed by atoms with E-state index in [1.54, 1.807) is 11.3 Å². The van der Waals surface area contributed by atoms with Gasteiger partial charge in [0.05, 0.1) is 12.3 Å². The Morgan fingerprint density at radius 1 is 1.25 bits per heavy atom. The molecule has 2 rings (SSSR count). The Labute approximate surface area is 124 Å². The first kappa shape index (κ1) is 14.9. The van der Waals surface area contributed by atoms with Gasteiger partial charge in [-0.15, -0.1) is 11.3 Å². The van der Waals surface area contributed by atoms with Gasteiger partial charge < -0.3 is 9.30 Å². The van der Waals surface area contributed by atoms with Crippen LogP contribution >= 0.6 is 11.3 Å². The average Bonchev–Trinajstić information content (AvgIpc) is 2.74. The van der Waals surface area contributed by atoms with Gasteiger partial charge in [0.2, 0.25) is 0 Å². The van der Waals surface area contributed by atoms with Gasteiger partial charge in [-0.05, 0) is 44.0 Å². The third-order valence-electron chi connectivity index (χ3n) is 2.91. The van der Waals surface area contributed by atoms with Gasteiger partial charge in [0, 0.05) is 17.6 Å². The second-order valence-electron chi connectivity index (χ2n) is 5.20. The Balaban J connectivity index is 2.30. The van der Waals surface area contributed by atoms with Crippen molar-refractivity contribution in [3.8, 4) is 5.75 Å². The number of ether oxygens (including phenoxy) is 1. The molecule has 0 saturated carbocycles. The number of aryl methyl sites for hydroxylation is 1. The van der Waals surface area contributed by atoms with Crippen LogP contribution in [-0.2, 0) is 6.54 Å². The molecule has 1 aromatic heterocycles. The molecule has 20 heavy (non-hydrogen) atoms. The third-order valence-corrected chi connectivity index (χ3v) is 3.89. The number of rotatable bonds is 5. The number of hydrogen-bond acceptors (Lipinski definition) is 3. The second-order valence-corrected chi connectivity index (χ2v) is 6.04. The molecule has 1 aromatic carbocycles. The Kier molecular flexibility index (Phi) is 5.01. The van der Waals surface area contributed by atoms with Crippen molar-refractivity contribution >= 4 is 17.0 Å². The summed E-state index contributed by atoms with van der Waals surface area (Å²) in [6, 6.07) is 7.94. The molecule has 0 amide bonds. The summed E-state index contributed by atoms with van der Waals surface area (Å²) in [5.74, 6) is 1.51. The van der Waals surface area contributed by atoms with E-state index in [0.717, 1.165) is 22.8 Å². The number of thiazole rings is 1. The number of aromatic nitrogens is 1. The molecule has 0 unspecified atom stereocenters. The van der Waals surface area contributed by atoms with E-state index < -0.39 is 0 Å². The van der Waals surface area contributed by atoms with Gasteiger partial charge in [-0.25, -0.2) is 4.99 Å². The molecule has 0 aliphatic rings.